The highest BCUT2D eigenvalue weighted by molar-refractivity contribution is 5.89. The monoisotopic (exact) mass is 295 g/mol. The molecule has 1 aliphatic rings. The molecule has 1 fully saturated rings. The number of carbonyl (C=O) groups is 2. The summed E-state index contributed by atoms with van der Waals surface area (Å²) in [5.74, 6) is -0.681. The van der Waals surface area contributed by atoms with Crippen LogP contribution in [0.15, 0.2) is 6.20 Å². The van der Waals surface area contributed by atoms with Crippen LogP contribution in [0, 0.1) is 0 Å². The normalized spacial score (nSPS) is 14.8. The first-order valence-corrected chi connectivity index (χ1v) is 7.04. The summed E-state index contributed by atoms with van der Waals surface area (Å²) >= 11 is 0. The second-order valence-corrected chi connectivity index (χ2v) is 6.20. The lowest BCUT2D eigenvalue weighted by atomic mass is 10.2. The Morgan fingerprint density at radius 1 is 1.48 bits per heavy atom. The summed E-state index contributed by atoms with van der Waals surface area (Å²) in [5.41, 5.74) is 0.375. The zero-order valence-corrected chi connectivity index (χ0v) is 12.5. The van der Waals surface area contributed by atoms with Crippen LogP contribution in [0.2, 0.25) is 0 Å². The van der Waals surface area contributed by atoms with Crippen molar-refractivity contribution in [1.29, 1.82) is 0 Å². The molecule has 0 unspecified atom stereocenters. The Balaban J connectivity index is 1.87. The van der Waals surface area contributed by atoms with E-state index in [1.165, 1.54) is 6.20 Å². The van der Waals surface area contributed by atoms with Gasteiger partial charge in [-0.05, 0) is 33.6 Å². The van der Waals surface area contributed by atoms with E-state index < -0.39 is 17.7 Å². The van der Waals surface area contributed by atoms with Gasteiger partial charge in [0, 0.05) is 18.7 Å². The number of carboxylic acids is 1. The van der Waals surface area contributed by atoms with Crippen molar-refractivity contribution in [2.75, 3.05) is 6.54 Å². The Morgan fingerprint density at radius 3 is 2.67 bits per heavy atom. The predicted octanol–water partition coefficient (Wildman–Crippen LogP) is 1.98. The lowest BCUT2D eigenvalue weighted by molar-refractivity contribution is 0.0524. The van der Waals surface area contributed by atoms with Crippen molar-refractivity contribution >= 4 is 12.1 Å². The van der Waals surface area contributed by atoms with E-state index in [1.807, 2.05) is 0 Å². The standard InChI is InChI=1S/C14H21N3O4/c1-14(2,3)21-13(20)15-6-7-17-8-10(12(18)19)11(16-17)9-4-5-9/h8-9H,4-7H2,1-3H3,(H,15,20)(H,18,19). The molecule has 1 aromatic rings. The van der Waals surface area contributed by atoms with Crippen LogP contribution in [0.5, 0.6) is 0 Å². The molecule has 0 atom stereocenters. The summed E-state index contributed by atoms with van der Waals surface area (Å²) in [6.45, 7) is 6.12. The highest BCUT2D eigenvalue weighted by Crippen LogP contribution is 2.40. The van der Waals surface area contributed by atoms with Crippen molar-refractivity contribution in [2.24, 2.45) is 0 Å². The van der Waals surface area contributed by atoms with Gasteiger partial charge in [-0.1, -0.05) is 0 Å². The van der Waals surface area contributed by atoms with Crippen molar-refractivity contribution in [3.63, 3.8) is 0 Å². The van der Waals surface area contributed by atoms with E-state index in [0.29, 0.717) is 18.8 Å². The van der Waals surface area contributed by atoms with Gasteiger partial charge < -0.3 is 15.2 Å². The highest BCUT2D eigenvalue weighted by atomic mass is 16.6. The van der Waals surface area contributed by atoms with Gasteiger partial charge in [0.2, 0.25) is 0 Å². The molecule has 7 heteroatoms. The number of nitrogens with zero attached hydrogens (tertiary/aromatic N) is 2. The van der Waals surface area contributed by atoms with Crippen molar-refractivity contribution < 1.29 is 19.4 Å². The lowest BCUT2D eigenvalue weighted by Gasteiger charge is -2.19. The maximum Gasteiger partial charge on any atom is 0.407 e. The number of amides is 1. The molecule has 2 N–H and O–H groups in total. The first kappa shape index (κ1) is 15.3. The minimum atomic E-state index is -0.955. The summed E-state index contributed by atoms with van der Waals surface area (Å²) in [7, 11) is 0. The molecule has 2 rings (SSSR count). The number of aromatic nitrogens is 2. The number of carbonyl (C=O) groups excluding carboxylic acids is 1. The quantitative estimate of drug-likeness (QED) is 0.866. The Hall–Kier alpha value is -2.05. The van der Waals surface area contributed by atoms with Crippen molar-refractivity contribution in [3.05, 3.63) is 17.5 Å². The fraction of sp³-hybridized carbons (Fsp3) is 0.643. The number of rotatable bonds is 5. The number of hydrogen-bond acceptors (Lipinski definition) is 4. The third-order valence-corrected chi connectivity index (χ3v) is 2.99. The van der Waals surface area contributed by atoms with Crippen molar-refractivity contribution in [3.8, 4) is 0 Å². The molecule has 0 aliphatic heterocycles. The second-order valence-electron chi connectivity index (χ2n) is 6.20. The number of nitrogens with one attached hydrogen (secondary N) is 1. The van der Waals surface area contributed by atoms with Gasteiger partial charge in [0.15, 0.2) is 0 Å². The van der Waals surface area contributed by atoms with Gasteiger partial charge >= 0.3 is 12.1 Å². The van der Waals surface area contributed by atoms with E-state index in [0.717, 1.165) is 12.8 Å². The van der Waals surface area contributed by atoms with Crippen LogP contribution in [-0.4, -0.2) is 39.1 Å². The summed E-state index contributed by atoms with van der Waals surface area (Å²) in [4.78, 5) is 22.7. The van der Waals surface area contributed by atoms with Crippen LogP contribution in [-0.2, 0) is 11.3 Å². The van der Waals surface area contributed by atoms with E-state index in [9.17, 15) is 9.59 Å². The van der Waals surface area contributed by atoms with Gasteiger partial charge in [0.25, 0.3) is 0 Å². The molecule has 0 radical (unpaired) electrons. The second kappa shape index (κ2) is 5.75. The molecule has 1 aliphatic carbocycles. The molecule has 21 heavy (non-hydrogen) atoms. The summed E-state index contributed by atoms with van der Waals surface area (Å²) in [6.07, 6.45) is 3.02. The molecular formula is C14H21N3O4. The van der Waals surface area contributed by atoms with E-state index in [4.69, 9.17) is 9.84 Å². The summed E-state index contributed by atoms with van der Waals surface area (Å²) in [5, 5.41) is 16.1. The van der Waals surface area contributed by atoms with Gasteiger partial charge in [-0.2, -0.15) is 5.10 Å². The molecule has 1 saturated carbocycles. The van der Waals surface area contributed by atoms with Gasteiger partial charge in [0.05, 0.1) is 12.2 Å². The van der Waals surface area contributed by atoms with E-state index in [1.54, 1.807) is 25.5 Å². The molecule has 116 valence electrons. The molecule has 1 amide bonds. The zero-order valence-electron chi connectivity index (χ0n) is 12.5. The summed E-state index contributed by atoms with van der Waals surface area (Å²) in [6, 6.07) is 0. The SMILES string of the molecule is CC(C)(C)OC(=O)NCCn1cc(C(=O)O)c(C2CC2)n1. The average Bonchev–Trinajstić information content (AvgIpc) is 3.08. The lowest BCUT2D eigenvalue weighted by Crippen LogP contribution is -2.34. The number of hydrogen-bond donors (Lipinski definition) is 2. The van der Waals surface area contributed by atoms with Gasteiger partial charge in [-0.15, -0.1) is 0 Å². The molecular weight excluding hydrogens is 274 g/mol. The first-order valence-electron chi connectivity index (χ1n) is 7.04. The number of aromatic carboxylic acids is 1. The maximum absolute atomic E-state index is 11.5. The number of carboxylic acid groups (broad SMARTS) is 1. The summed E-state index contributed by atoms with van der Waals surface area (Å²) < 4.78 is 6.68. The molecule has 0 spiro atoms. The predicted molar refractivity (Wildman–Crippen MR) is 75.4 cm³/mol. The molecule has 0 bridgehead atoms. The smallest absolute Gasteiger partial charge is 0.407 e. The van der Waals surface area contributed by atoms with Crippen LogP contribution >= 0.6 is 0 Å². The Kier molecular flexibility index (Phi) is 4.20. The van der Waals surface area contributed by atoms with Crippen LogP contribution in [0.25, 0.3) is 0 Å². The molecule has 0 saturated heterocycles. The Morgan fingerprint density at radius 2 is 2.14 bits per heavy atom. The van der Waals surface area contributed by atoms with E-state index in [2.05, 4.69) is 10.4 Å². The third-order valence-electron chi connectivity index (χ3n) is 2.99. The van der Waals surface area contributed by atoms with Crippen LogP contribution < -0.4 is 5.32 Å². The van der Waals surface area contributed by atoms with E-state index in [-0.39, 0.29) is 11.5 Å². The maximum atomic E-state index is 11.5. The molecule has 7 nitrogen and oxygen atoms in total. The molecule has 1 aromatic heterocycles. The fourth-order valence-electron chi connectivity index (χ4n) is 1.96. The zero-order chi connectivity index (χ0) is 15.6. The Labute approximate surface area is 123 Å². The third kappa shape index (κ3) is 4.47. The topological polar surface area (TPSA) is 93.5 Å². The number of ether oxygens (including phenoxy) is 1. The Bertz CT molecular complexity index is 541. The first-order chi connectivity index (χ1) is 9.76. The highest BCUT2D eigenvalue weighted by Gasteiger charge is 2.31. The van der Waals surface area contributed by atoms with Gasteiger partial charge in [0.1, 0.15) is 11.2 Å². The van der Waals surface area contributed by atoms with E-state index >= 15 is 0 Å². The van der Waals surface area contributed by atoms with Crippen LogP contribution in [0.4, 0.5) is 4.79 Å². The average molecular weight is 295 g/mol. The van der Waals surface area contributed by atoms with Crippen molar-refractivity contribution in [1.82, 2.24) is 15.1 Å². The largest absolute Gasteiger partial charge is 0.478 e. The van der Waals surface area contributed by atoms with Crippen molar-refractivity contribution in [2.45, 2.75) is 51.7 Å². The molecule has 0 aromatic carbocycles. The van der Waals surface area contributed by atoms with Gasteiger partial charge in [-0.25, -0.2) is 9.59 Å². The minimum Gasteiger partial charge on any atom is -0.478 e. The fourth-order valence-corrected chi connectivity index (χ4v) is 1.96. The van der Waals surface area contributed by atoms with Gasteiger partial charge in [-0.3, -0.25) is 4.68 Å². The number of alkyl carbamates (subject to hydrolysis) is 1. The van der Waals surface area contributed by atoms with Crippen LogP contribution in [0.3, 0.4) is 0 Å². The van der Waals surface area contributed by atoms with Crippen LogP contribution in [0.1, 0.15) is 55.6 Å². The minimum absolute atomic E-state index is 0.259. The molecule has 1 heterocycles.